The van der Waals surface area contributed by atoms with Crippen molar-refractivity contribution in [2.75, 3.05) is 25.5 Å². The molecule has 0 atom stereocenters. The summed E-state index contributed by atoms with van der Waals surface area (Å²) in [6.07, 6.45) is 3.29. The second-order valence-electron chi connectivity index (χ2n) is 3.74. The molecule has 1 fully saturated rings. The number of ether oxygens (including phenoxy) is 1. The lowest BCUT2D eigenvalue weighted by Gasteiger charge is -2.40. The van der Waals surface area contributed by atoms with Crippen LogP contribution < -0.4 is 15.4 Å². The number of aromatic nitrogens is 2. The summed E-state index contributed by atoms with van der Waals surface area (Å²) < 4.78 is 4.99. The van der Waals surface area contributed by atoms with E-state index < -0.39 is 0 Å². The highest BCUT2D eigenvalue weighted by Gasteiger charge is 2.31. The highest BCUT2D eigenvalue weighted by Crippen LogP contribution is 2.17. The van der Waals surface area contributed by atoms with Gasteiger partial charge in [0.15, 0.2) is 0 Å². The molecule has 1 aliphatic rings. The van der Waals surface area contributed by atoms with Crippen molar-refractivity contribution in [3.05, 3.63) is 12.4 Å². The van der Waals surface area contributed by atoms with Crippen LogP contribution in [0.1, 0.15) is 6.92 Å². The van der Waals surface area contributed by atoms with Gasteiger partial charge in [0.05, 0.1) is 25.0 Å². The number of nitrogens with zero attached hydrogens (tertiary/aromatic N) is 2. The maximum absolute atomic E-state index is 4.99. The summed E-state index contributed by atoms with van der Waals surface area (Å²) >= 11 is 0. The number of hydrogen-bond acceptors (Lipinski definition) is 5. The second kappa shape index (κ2) is 3.42. The lowest BCUT2D eigenvalue weighted by molar-refractivity contribution is 0.336. The molecule has 2 rings (SSSR count). The smallest absolute Gasteiger partial charge is 0.233 e. The van der Waals surface area contributed by atoms with Gasteiger partial charge in [-0.15, -0.1) is 0 Å². The van der Waals surface area contributed by atoms with Crippen LogP contribution in [0.15, 0.2) is 12.4 Å². The molecule has 1 aliphatic heterocycles. The molecule has 0 radical (unpaired) electrons. The van der Waals surface area contributed by atoms with Crippen molar-refractivity contribution in [1.82, 2.24) is 15.3 Å². The molecule has 0 aromatic carbocycles. The molecule has 5 nitrogen and oxygen atoms in total. The second-order valence-corrected chi connectivity index (χ2v) is 3.74. The van der Waals surface area contributed by atoms with Crippen LogP contribution in [-0.4, -0.2) is 35.7 Å². The van der Waals surface area contributed by atoms with Crippen LogP contribution in [0.3, 0.4) is 0 Å². The molecule has 5 heteroatoms. The summed E-state index contributed by atoms with van der Waals surface area (Å²) in [6, 6.07) is 0. The molecule has 0 spiro atoms. The van der Waals surface area contributed by atoms with Gasteiger partial charge in [0.2, 0.25) is 5.88 Å². The van der Waals surface area contributed by atoms with Crippen molar-refractivity contribution in [1.29, 1.82) is 0 Å². The molecular weight excluding hydrogens is 180 g/mol. The Labute approximate surface area is 82.9 Å². The van der Waals surface area contributed by atoms with E-state index in [0.29, 0.717) is 5.88 Å². The summed E-state index contributed by atoms with van der Waals surface area (Å²) in [5, 5.41) is 6.52. The highest BCUT2D eigenvalue weighted by molar-refractivity contribution is 5.38. The molecular formula is C9H14N4O. The molecule has 1 saturated heterocycles. The fourth-order valence-corrected chi connectivity index (χ4v) is 1.40. The van der Waals surface area contributed by atoms with Crippen molar-refractivity contribution in [2.45, 2.75) is 12.5 Å². The van der Waals surface area contributed by atoms with Crippen LogP contribution in [0.5, 0.6) is 5.88 Å². The molecule has 0 saturated carbocycles. The van der Waals surface area contributed by atoms with Gasteiger partial charge in [-0.1, -0.05) is 0 Å². The molecule has 0 unspecified atom stereocenters. The Bertz CT molecular complexity index is 324. The van der Waals surface area contributed by atoms with E-state index in [9.17, 15) is 0 Å². The van der Waals surface area contributed by atoms with Crippen LogP contribution in [0.2, 0.25) is 0 Å². The van der Waals surface area contributed by atoms with Crippen LogP contribution in [0, 0.1) is 0 Å². The summed E-state index contributed by atoms with van der Waals surface area (Å²) in [6.45, 7) is 4.04. The van der Waals surface area contributed by atoms with Gasteiger partial charge in [-0.05, 0) is 6.92 Å². The summed E-state index contributed by atoms with van der Waals surface area (Å²) in [7, 11) is 1.58. The zero-order chi connectivity index (χ0) is 10.0. The Morgan fingerprint density at radius 3 is 2.86 bits per heavy atom. The van der Waals surface area contributed by atoms with E-state index in [1.807, 2.05) is 0 Å². The van der Waals surface area contributed by atoms with Crippen LogP contribution >= 0.6 is 0 Å². The molecule has 2 heterocycles. The topological polar surface area (TPSA) is 59.1 Å². The maximum atomic E-state index is 4.99. The number of anilines is 1. The van der Waals surface area contributed by atoms with Crippen LogP contribution in [0.4, 0.5) is 5.82 Å². The molecule has 14 heavy (non-hydrogen) atoms. The molecule has 1 aromatic heterocycles. The fourth-order valence-electron chi connectivity index (χ4n) is 1.40. The Hall–Kier alpha value is -1.36. The third-order valence-electron chi connectivity index (χ3n) is 2.28. The summed E-state index contributed by atoms with van der Waals surface area (Å²) in [5.74, 6) is 1.29. The minimum absolute atomic E-state index is 0.0983. The van der Waals surface area contributed by atoms with E-state index in [-0.39, 0.29) is 5.54 Å². The number of hydrogen-bond donors (Lipinski definition) is 2. The number of methoxy groups -OCH3 is 1. The molecule has 76 valence electrons. The van der Waals surface area contributed by atoms with Crippen LogP contribution in [0.25, 0.3) is 0 Å². The molecule has 0 amide bonds. The van der Waals surface area contributed by atoms with Gasteiger partial charge in [0.1, 0.15) is 5.82 Å². The van der Waals surface area contributed by atoms with Gasteiger partial charge < -0.3 is 15.4 Å². The Kier molecular flexibility index (Phi) is 2.25. The largest absolute Gasteiger partial charge is 0.480 e. The predicted octanol–water partition coefficient (Wildman–Crippen LogP) is 0.259. The highest BCUT2D eigenvalue weighted by atomic mass is 16.5. The first-order valence-corrected chi connectivity index (χ1v) is 4.57. The lowest BCUT2D eigenvalue weighted by atomic mass is 9.95. The van der Waals surface area contributed by atoms with E-state index in [2.05, 4.69) is 27.5 Å². The van der Waals surface area contributed by atoms with Crippen molar-refractivity contribution < 1.29 is 4.74 Å². The van der Waals surface area contributed by atoms with Crippen molar-refractivity contribution in [2.24, 2.45) is 0 Å². The van der Waals surface area contributed by atoms with Gasteiger partial charge in [-0.2, -0.15) is 4.98 Å². The quantitative estimate of drug-likeness (QED) is 0.722. The molecule has 0 bridgehead atoms. The average molecular weight is 194 g/mol. The third kappa shape index (κ3) is 1.77. The van der Waals surface area contributed by atoms with Gasteiger partial charge >= 0.3 is 0 Å². The first-order valence-electron chi connectivity index (χ1n) is 4.57. The Morgan fingerprint density at radius 2 is 2.29 bits per heavy atom. The maximum Gasteiger partial charge on any atom is 0.233 e. The standard InChI is InChI=1S/C9H14N4O/c1-9(5-11-6-9)13-7-3-10-4-8(12-7)14-2/h3-4,11H,5-6H2,1-2H3,(H,12,13). The first kappa shape index (κ1) is 9.21. The predicted molar refractivity (Wildman–Crippen MR) is 53.5 cm³/mol. The lowest BCUT2D eigenvalue weighted by Crippen LogP contribution is -2.62. The molecule has 0 aliphatic carbocycles. The Balaban J connectivity index is 2.08. The SMILES string of the molecule is COc1cncc(NC2(C)CNC2)n1. The van der Waals surface area contributed by atoms with Crippen molar-refractivity contribution in [3.8, 4) is 5.88 Å². The third-order valence-corrected chi connectivity index (χ3v) is 2.28. The molecule has 1 aromatic rings. The van der Waals surface area contributed by atoms with Crippen molar-refractivity contribution >= 4 is 5.82 Å². The van der Waals surface area contributed by atoms with E-state index in [4.69, 9.17) is 4.74 Å². The minimum Gasteiger partial charge on any atom is -0.480 e. The minimum atomic E-state index is 0.0983. The van der Waals surface area contributed by atoms with E-state index in [1.165, 1.54) is 0 Å². The zero-order valence-corrected chi connectivity index (χ0v) is 8.37. The first-order chi connectivity index (χ1) is 6.72. The number of nitrogens with one attached hydrogen (secondary N) is 2. The van der Waals surface area contributed by atoms with E-state index in [1.54, 1.807) is 19.5 Å². The monoisotopic (exact) mass is 194 g/mol. The number of rotatable bonds is 3. The van der Waals surface area contributed by atoms with Gasteiger partial charge in [0.25, 0.3) is 0 Å². The normalized spacial score (nSPS) is 18.4. The zero-order valence-electron chi connectivity index (χ0n) is 8.37. The van der Waals surface area contributed by atoms with E-state index >= 15 is 0 Å². The Morgan fingerprint density at radius 1 is 1.50 bits per heavy atom. The fraction of sp³-hybridized carbons (Fsp3) is 0.556. The van der Waals surface area contributed by atoms with Crippen molar-refractivity contribution in [3.63, 3.8) is 0 Å². The summed E-state index contributed by atoms with van der Waals surface area (Å²) in [5.41, 5.74) is 0.0983. The van der Waals surface area contributed by atoms with Gasteiger partial charge in [-0.25, -0.2) is 0 Å². The molecule has 2 N–H and O–H groups in total. The van der Waals surface area contributed by atoms with Gasteiger partial charge in [-0.3, -0.25) is 4.98 Å². The van der Waals surface area contributed by atoms with Crippen LogP contribution in [-0.2, 0) is 0 Å². The average Bonchev–Trinajstić information content (AvgIpc) is 2.16. The van der Waals surface area contributed by atoms with Gasteiger partial charge in [0, 0.05) is 13.1 Å². The van der Waals surface area contributed by atoms with E-state index in [0.717, 1.165) is 18.9 Å². The summed E-state index contributed by atoms with van der Waals surface area (Å²) in [4.78, 5) is 8.26.